The van der Waals surface area contributed by atoms with Gasteiger partial charge in [-0.05, 0) is 42.2 Å². The topological polar surface area (TPSA) is 77.2 Å². The Hall–Kier alpha value is -2.24. The molecule has 112 valence electrons. The van der Waals surface area contributed by atoms with Crippen molar-refractivity contribution in [3.8, 4) is 0 Å². The molecule has 0 aromatic heterocycles. The van der Waals surface area contributed by atoms with Gasteiger partial charge in [-0.3, -0.25) is 4.79 Å². The average Bonchev–Trinajstić information content (AvgIpc) is 2.93. The molecular formula is C17H15NO3S. The predicted molar refractivity (Wildman–Crippen MR) is 85.2 cm³/mol. The van der Waals surface area contributed by atoms with Gasteiger partial charge in [-0.1, -0.05) is 36.4 Å². The third-order valence-electron chi connectivity index (χ3n) is 3.80. The first-order valence-corrected chi connectivity index (χ1v) is 8.38. The van der Waals surface area contributed by atoms with Crippen LogP contribution in [0.4, 0.5) is 0 Å². The maximum absolute atomic E-state index is 12.6. The van der Waals surface area contributed by atoms with Crippen LogP contribution in [0.5, 0.6) is 0 Å². The molecule has 0 aliphatic heterocycles. The van der Waals surface area contributed by atoms with E-state index in [-0.39, 0.29) is 10.7 Å². The molecule has 0 heterocycles. The molecule has 0 spiro atoms. The number of fused-ring (bicyclic) bond motifs is 1. The SMILES string of the molecule is Cc1ccc(C(=O)c2ccc3c(c2)CC=C3)cc1S(N)(=O)=O. The number of sulfonamides is 1. The maximum atomic E-state index is 12.6. The van der Waals surface area contributed by atoms with Gasteiger partial charge in [-0.25, -0.2) is 13.6 Å². The molecule has 1 aliphatic rings. The summed E-state index contributed by atoms with van der Waals surface area (Å²) >= 11 is 0. The standard InChI is InChI=1S/C17H15NO3S/c1-11-5-6-15(10-16(11)22(18,20)21)17(19)14-8-7-12-3-2-4-13(12)9-14/h2-3,5-10H,4H2,1H3,(H2,18,20,21). The van der Waals surface area contributed by atoms with Crippen LogP contribution in [0.15, 0.2) is 47.4 Å². The van der Waals surface area contributed by atoms with E-state index in [4.69, 9.17) is 5.14 Å². The summed E-state index contributed by atoms with van der Waals surface area (Å²) in [6.45, 7) is 1.65. The van der Waals surface area contributed by atoms with E-state index in [1.54, 1.807) is 25.1 Å². The molecule has 0 amide bonds. The van der Waals surface area contributed by atoms with E-state index in [9.17, 15) is 13.2 Å². The molecule has 0 unspecified atom stereocenters. The number of hydrogen-bond acceptors (Lipinski definition) is 3. The van der Waals surface area contributed by atoms with Crippen LogP contribution in [0.1, 0.15) is 32.6 Å². The van der Waals surface area contributed by atoms with Gasteiger partial charge in [0.2, 0.25) is 10.0 Å². The number of nitrogens with two attached hydrogens (primary N) is 1. The van der Waals surface area contributed by atoms with E-state index in [1.807, 2.05) is 24.3 Å². The van der Waals surface area contributed by atoms with Crippen LogP contribution in [-0.4, -0.2) is 14.2 Å². The average molecular weight is 313 g/mol. The van der Waals surface area contributed by atoms with Gasteiger partial charge in [-0.2, -0.15) is 0 Å². The third kappa shape index (κ3) is 2.61. The molecule has 2 aromatic rings. The Bertz CT molecular complexity index is 911. The Morgan fingerprint density at radius 2 is 1.77 bits per heavy atom. The van der Waals surface area contributed by atoms with Crippen LogP contribution in [0.25, 0.3) is 6.08 Å². The third-order valence-corrected chi connectivity index (χ3v) is 4.85. The lowest BCUT2D eigenvalue weighted by molar-refractivity contribution is 0.103. The zero-order chi connectivity index (χ0) is 15.9. The molecule has 0 bridgehead atoms. The summed E-state index contributed by atoms with van der Waals surface area (Å²) in [7, 11) is -3.84. The van der Waals surface area contributed by atoms with Crippen molar-refractivity contribution in [3.63, 3.8) is 0 Å². The van der Waals surface area contributed by atoms with Gasteiger partial charge in [0.25, 0.3) is 0 Å². The van der Waals surface area contributed by atoms with Crippen molar-refractivity contribution in [1.29, 1.82) is 0 Å². The summed E-state index contributed by atoms with van der Waals surface area (Å²) in [6, 6.07) is 10.1. The van der Waals surface area contributed by atoms with Crippen molar-refractivity contribution < 1.29 is 13.2 Å². The van der Waals surface area contributed by atoms with Gasteiger partial charge < -0.3 is 0 Å². The number of allylic oxidation sites excluding steroid dienone is 1. The molecule has 0 fully saturated rings. The van der Waals surface area contributed by atoms with Crippen molar-refractivity contribution in [3.05, 3.63) is 70.3 Å². The smallest absolute Gasteiger partial charge is 0.238 e. The minimum Gasteiger partial charge on any atom is -0.289 e. The largest absolute Gasteiger partial charge is 0.289 e. The molecule has 4 nitrogen and oxygen atoms in total. The van der Waals surface area contributed by atoms with E-state index < -0.39 is 10.0 Å². The van der Waals surface area contributed by atoms with Crippen molar-refractivity contribution in [2.75, 3.05) is 0 Å². The first-order valence-electron chi connectivity index (χ1n) is 6.84. The van der Waals surface area contributed by atoms with Gasteiger partial charge in [-0.15, -0.1) is 0 Å². The Morgan fingerprint density at radius 1 is 1.09 bits per heavy atom. The number of benzene rings is 2. The molecule has 3 rings (SSSR count). The second-order valence-electron chi connectivity index (χ2n) is 5.37. The molecule has 2 N–H and O–H groups in total. The highest BCUT2D eigenvalue weighted by Crippen LogP contribution is 2.23. The van der Waals surface area contributed by atoms with Crippen LogP contribution in [0, 0.1) is 6.92 Å². The quantitative estimate of drug-likeness (QED) is 0.884. The molecule has 0 saturated carbocycles. The summed E-state index contributed by atoms with van der Waals surface area (Å²) in [5.74, 6) is -0.209. The molecule has 0 saturated heterocycles. The van der Waals surface area contributed by atoms with Crippen LogP contribution >= 0.6 is 0 Å². The maximum Gasteiger partial charge on any atom is 0.238 e. The Kier molecular flexibility index (Phi) is 3.47. The Morgan fingerprint density at radius 3 is 2.50 bits per heavy atom. The van der Waals surface area contributed by atoms with E-state index in [1.165, 1.54) is 6.07 Å². The van der Waals surface area contributed by atoms with Crippen LogP contribution in [-0.2, 0) is 16.4 Å². The predicted octanol–water partition coefficient (Wildman–Crippen LogP) is 2.44. The minimum absolute atomic E-state index is 0.0128. The molecule has 22 heavy (non-hydrogen) atoms. The van der Waals surface area contributed by atoms with E-state index in [0.29, 0.717) is 16.7 Å². The molecule has 5 heteroatoms. The minimum atomic E-state index is -3.84. The van der Waals surface area contributed by atoms with Gasteiger partial charge in [0.05, 0.1) is 4.90 Å². The molecule has 1 aliphatic carbocycles. The number of rotatable bonds is 3. The molecule has 0 radical (unpaired) electrons. The fraction of sp³-hybridized carbons (Fsp3) is 0.118. The lowest BCUT2D eigenvalue weighted by atomic mass is 9.98. The molecular weight excluding hydrogens is 298 g/mol. The van der Waals surface area contributed by atoms with Gasteiger partial charge in [0.1, 0.15) is 0 Å². The van der Waals surface area contributed by atoms with Crippen LogP contribution in [0.2, 0.25) is 0 Å². The van der Waals surface area contributed by atoms with Crippen LogP contribution < -0.4 is 5.14 Å². The number of aryl methyl sites for hydroxylation is 1. The first-order chi connectivity index (χ1) is 10.4. The fourth-order valence-electron chi connectivity index (χ4n) is 2.61. The fourth-order valence-corrected chi connectivity index (χ4v) is 3.42. The Balaban J connectivity index is 2.03. The van der Waals surface area contributed by atoms with Crippen molar-refractivity contribution in [2.24, 2.45) is 5.14 Å². The number of carbonyl (C=O) groups is 1. The monoisotopic (exact) mass is 313 g/mol. The van der Waals surface area contributed by atoms with Crippen molar-refractivity contribution in [2.45, 2.75) is 18.2 Å². The number of ketones is 1. The normalized spacial score (nSPS) is 13.2. The zero-order valence-corrected chi connectivity index (χ0v) is 12.9. The van der Waals surface area contributed by atoms with E-state index >= 15 is 0 Å². The van der Waals surface area contributed by atoms with Crippen LogP contribution in [0.3, 0.4) is 0 Å². The molecule has 2 aromatic carbocycles. The van der Waals surface area contributed by atoms with Crippen molar-refractivity contribution >= 4 is 21.9 Å². The highest BCUT2D eigenvalue weighted by molar-refractivity contribution is 7.89. The lowest BCUT2D eigenvalue weighted by Gasteiger charge is -2.08. The van der Waals surface area contributed by atoms with Gasteiger partial charge >= 0.3 is 0 Å². The highest BCUT2D eigenvalue weighted by atomic mass is 32.2. The number of carbonyl (C=O) groups excluding carboxylic acids is 1. The second kappa shape index (κ2) is 5.19. The zero-order valence-electron chi connectivity index (χ0n) is 12.0. The lowest BCUT2D eigenvalue weighted by Crippen LogP contribution is -2.15. The summed E-state index contributed by atoms with van der Waals surface area (Å²) in [5.41, 5.74) is 3.61. The summed E-state index contributed by atoms with van der Waals surface area (Å²) in [4.78, 5) is 12.6. The second-order valence-corrected chi connectivity index (χ2v) is 6.90. The van der Waals surface area contributed by atoms with E-state index in [2.05, 4.69) is 0 Å². The summed E-state index contributed by atoms with van der Waals surface area (Å²) < 4.78 is 23.2. The van der Waals surface area contributed by atoms with Gasteiger partial charge in [0.15, 0.2) is 5.78 Å². The first kappa shape index (κ1) is 14.7. The van der Waals surface area contributed by atoms with E-state index in [0.717, 1.165) is 17.5 Å². The molecule has 0 atom stereocenters. The number of primary sulfonamides is 1. The van der Waals surface area contributed by atoms with Gasteiger partial charge in [0, 0.05) is 11.1 Å². The number of hydrogen-bond donors (Lipinski definition) is 1. The Labute approximate surface area is 129 Å². The summed E-state index contributed by atoms with van der Waals surface area (Å²) in [6.07, 6.45) is 4.88. The summed E-state index contributed by atoms with van der Waals surface area (Å²) in [5, 5.41) is 5.19. The highest BCUT2D eigenvalue weighted by Gasteiger charge is 2.17. The van der Waals surface area contributed by atoms with Crippen molar-refractivity contribution in [1.82, 2.24) is 0 Å².